The number of oxazole rings is 1. The van der Waals surface area contributed by atoms with E-state index in [0.717, 1.165) is 5.56 Å². The zero-order valence-corrected chi connectivity index (χ0v) is 16.5. The Kier molecular flexibility index (Phi) is 6.63. The number of hydrogen-bond acceptors (Lipinski definition) is 4. The number of anilines is 2. The summed E-state index contributed by atoms with van der Waals surface area (Å²) in [6, 6.07) is 14.7. The van der Waals surface area contributed by atoms with Gasteiger partial charge in [0.15, 0.2) is 11.7 Å². The van der Waals surface area contributed by atoms with E-state index in [4.69, 9.17) is 4.42 Å². The first-order valence-corrected chi connectivity index (χ1v) is 9.50. The molecule has 0 aliphatic carbocycles. The van der Waals surface area contributed by atoms with Crippen molar-refractivity contribution >= 4 is 23.3 Å². The van der Waals surface area contributed by atoms with E-state index in [9.17, 15) is 9.59 Å². The van der Waals surface area contributed by atoms with E-state index in [1.54, 1.807) is 30.5 Å². The molecule has 0 saturated heterocycles. The summed E-state index contributed by atoms with van der Waals surface area (Å²) in [5.41, 5.74) is 3.34. The Hall–Kier alpha value is -3.61. The first-order chi connectivity index (χ1) is 14.0. The Morgan fingerprint density at radius 1 is 1.03 bits per heavy atom. The standard InChI is InChI=1S/C22H24N4O3/c1-3-23-22(28)26-18-6-4-5-17(13-18)25-20(27)11-12-21-24-14-19(29-21)16-9-7-15(2)8-10-16/h4-10,13-14H,3,11-12H2,1-2H3,(H,25,27)(H2,23,26,28). The highest BCUT2D eigenvalue weighted by atomic mass is 16.4. The molecule has 150 valence electrons. The van der Waals surface area contributed by atoms with Crippen LogP contribution < -0.4 is 16.0 Å². The number of amides is 3. The highest BCUT2D eigenvalue weighted by Gasteiger charge is 2.10. The van der Waals surface area contributed by atoms with Gasteiger partial charge in [0, 0.05) is 36.3 Å². The molecule has 3 N–H and O–H groups in total. The first-order valence-electron chi connectivity index (χ1n) is 9.50. The van der Waals surface area contributed by atoms with Crippen LogP contribution in [0.5, 0.6) is 0 Å². The first kappa shape index (κ1) is 20.1. The van der Waals surface area contributed by atoms with Crippen molar-refractivity contribution < 1.29 is 14.0 Å². The van der Waals surface area contributed by atoms with Gasteiger partial charge in [-0.1, -0.05) is 35.9 Å². The van der Waals surface area contributed by atoms with Crippen LogP contribution in [0.1, 0.15) is 24.8 Å². The molecule has 0 saturated carbocycles. The average Bonchev–Trinajstić information content (AvgIpc) is 3.16. The van der Waals surface area contributed by atoms with Crippen molar-refractivity contribution in [2.24, 2.45) is 0 Å². The lowest BCUT2D eigenvalue weighted by molar-refractivity contribution is -0.116. The maximum Gasteiger partial charge on any atom is 0.319 e. The van der Waals surface area contributed by atoms with Gasteiger partial charge in [0.2, 0.25) is 5.91 Å². The van der Waals surface area contributed by atoms with Gasteiger partial charge in [-0.3, -0.25) is 4.79 Å². The Morgan fingerprint density at radius 3 is 2.48 bits per heavy atom. The van der Waals surface area contributed by atoms with Crippen LogP contribution in [0, 0.1) is 6.92 Å². The SMILES string of the molecule is CCNC(=O)Nc1cccc(NC(=O)CCc2ncc(-c3ccc(C)cc3)o2)c1. The number of rotatable bonds is 7. The number of carbonyl (C=O) groups excluding carboxylic acids is 2. The minimum atomic E-state index is -0.288. The number of aryl methyl sites for hydroxylation is 2. The Bertz CT molecular complexity index is 980. The van der Waals surface area contributed by atoms with Gasteiger partial charge in [0.25, 0.3) is 0 Å². The van der Waals surface area contributed by atoms with Crippen LogP contribution in [0.15, 0.2) is 59.1 Å². The van der Waals surface area contributed by atoms with Crippen LogP contribution in [-0.2, 0) is 11.2 Å². The van der Waals surface area contributed by atoms with E-state index in [1.807, 2.05) is 38.1 Å². The average molecular weight is 392 g/mol. The summed E-state index contributed by atoms with van der Waals surface area (Å²) in [6.07, 6.45) is 2.31. The molecule has 7 nitrogen and oxygen atoms in total. The van der Waals surface area contributed by atoms with Gasteiger partial charge in [-0.05, 0) is 32.0 Å². The van der Waals surface area contributed by atoms with E-state index in [2.05, 4.69) is 20.9 Å². The second kappa shape index (κ2) is 9.54. The number of carbonyl (C=O) groups is 2. The topological polar surface area (TPSA) is 96.3 Å². The third-order valence-corrected chi connectivity index (χ3v) is 4.20. The molecule has 2 aromatic carbocycles. The molecule has 0 aliphatic rings. The quantitative estimate of drug-likeness (QED) is 0.556. The number of nitrogens with zero attached hydrogens (tertiary/aromatic N) is 1. The van der Waals surface area contributed by atoms with E-state index >= 15 is 0 Å². The molecule has 3 amide bonds. The van der Waals surface area contributed by atoms with Gasteiger partial charge in [-0.15, -0.1) is 0 Å². The van der Waals surface area contributed by atoms with Gasteiger partial charge in [0.1, 0.15) is 0 Å². The molecule has 0 fully saturated rings. The van der Waals surface area contributed by atoms with Crippen LogP contribution >= 0.6 is 0 Å². The third kappa shape index (κ3) is 5.93. The minimum absolute atomic E-state index is 0.157. The van der Waals surface area contributed by atoms with Gasteiger partial charge in [-0.2, -0.15) is 0 Å². The number of nitrogens with one attached hydrogen (secondary N) is 3. The zero-order chi connectivity index (χ0) is 20.6. The molecular formula is C22H24N4O3. The summed E-state index contributed by atoms with van der Waals surface area (Å²) < 4.78 is 5.75. The summed E-state index contributed by atoms with van der Waals surface area (Å²) in [7, 11) is 0. The lowest BCUT2D eigenvalue weighted by Gasteiger charge is -2.09. The Morgan fingerprint density at radius 2 is 1.76 bits per heavy atom. The van der Waals surface area contributed by atoms with E-state index in [0.29, 0.717) is 36.0 Å². The minimum Gasteiger partial charge on any atom is -0.441 e. The highest BCUT2D eigenvalue weighted by molar-refractivity contribution is 5.93. The molecule has 0 spiro atoms. The molecule has 0 aliphatic heterocycles. The summed E-state index contributed by atoms with van der Waals surface area (Å²) in [5, 5.41) is 8.19. The lowest BCUT2D eigenvalue weighted by atomic mass is 10.1. The van der Waals surface area contributed by atoms with Crippen molar-refractivity contribution in [3.05, 3.63) is 66.2 Å². The normalized spacial score (nSPS) is 10.4. The molecule has 1 aromatic heterocycles. The van der Waals surface area contributed by atoms with Crippen LogP contribution in [0.4, 0.5) is 16.2 Å². The highest BCUT2D eigenvalue weighted by Crippen LogP contribution is 2.21. The van der Waals surface area contributed by atoms with E-state index in [1.165, 1.54) is 5.56 Å². The summed E-state index contributed by atoms with van der Waals surface area (Å²) >= 11 is 0. The second-order valence-corrected chi connectivity index (χ2v) is 6.60. The van der Waals surface area contributed by atoms with Crippen molar-refractivity contribution in [3.63, 3.8) is 0 Å². The van der Waals surface area contributed by atoms with Crippen LogP contribution in [0.3, 0.4) is 0 Å². The fraction of sp³-hybridized carbons (Fsp3) is 0.227. The molecule has 0 unspecified atom stereocenters. The van der Waals surface area contributed by atoms with Gasteiger partial charge >= 0.3 is 6.03 Å². The molecule has 0 bridgehead atoms. The number of aromatic nitrogens is 1. The predicted molar refractivity (Wildman–Crippen MR) is 113 cm³/mol. The second-order valence-electron chi connectivity index (χ2n) is 6.60. The molecule has 1 heterocycles. The Balaban J connectivity index is 1.53. The molecule has 3 aromatic rings. The van der Waals surface area contributed by atoms with Gasteiger partial charge in [0.05, 0.1) is 6.20 Å². The summed E-state index contributed by atoms with van der Waals surface area (Å²) in [4.78, 5) is 28.1. The van der Waals surface area contributed by atoms with Crippen LogP contribution in [0.25, 0.3) is 11.3 Å². The molecule has 7 heteroatoms. The largest absolute Gasteiger partial charge is 0.441 e. The van der Waals surface area contributed by atoms with Crippen molar-refractivity contribution in [1.82, 2.24) is 10.3 Å². The van der Waals surface area contributed by atoms with Crippen molar-refractivity contribution in [2.45, 2.75) is 26.7 Å². The zero-order valence-electron chi connectivity index (χ0n) is 16.5. The lowest BCUT2D eigenvalue weighted by Crippen LogP contribution is -2.28. The van der Waals surface area contributed by atoms with Gasteiger partial charge in [-0.25, -0.2) is 9.78 Å². The molecule has 0 radical (unpaired) electrons. The fourth-order valence-electron chi connectivity index (χ4n) is 2.73. The number of urea groups is 1. The van der Waals surface area contributed by atoms with Crippen molar-refractivity contribution in [1.29, 1.82) is 0 Å². The molecular weight excluding hydrogens is 368 g/mol. The molecule has 3 rings (SSSR count). The number of hydrogen-bond donors (Lipinski definition) is 3. The molecule has 29 heavy (non-hydrogen) atoms. The maximum absolute atomic E-state index is 12.3. The smallest absolute Gasteiger partial charge is 0.319 e. The number of benzene rings is 2. The van der Waals surface area contributed by atoms with Crippen LogP contribution in [0.2, 0.25) is 0 Å². The third-order valence-electron chi connectivity index (χ3n) is 4.20. The van der Waals surface area contributed by atoms with Crippen molar-refractivity contribution in [2.75, 3.05) is 17.2 Å². The van der Waals surface area contributed by atoms with Crippen molar-refractivity contribution in [3.8, 4) is 11.3 Å². The summed E-state index contributed by atoms with van der Waals surface area (Å²) in [5.74, 6) is 1.04. The monoisotopic (exact) mass is 392 g/mol. The van der Waals surface area contributed by atoms with E-state index in [-0.39, 0.29) is 18.4 Å². The predicted octanol–water partition coefficient (Wildman–Crippen LogP) is 4.36. The maximum atomic E-state index is 12.3. The van der Waals surface area contributed by atoms with Gasteiger partial charge < -0.3 is 20.4 Å². The van der Waals surface area contributed by atoms with Crippen LogP contribution in [-0.4, -0.2) is 23.5 Å². The molecule has 0 atom stereocenters. The van der Waals surface area contributed by atoms with E-state index < -0.39 is 0 Å². The Labute approximate surface area is 169 Å². The summed E-state index contributed by atoms with van der Waals surface area (Å²) in [6.45, 7) is 4.41. The fourth-order valence-corrected chi connectivity index (χ4v) is 2.73.